The zero-order valence-corrected chi connectivity index (χ0v) is 22.7. The van der Waals surface area contributed by atoms with Crippen LogP contribution in [0.2, 0.25) is 5.02 Å². The van der Waals surface area contributed by atoms with Crippen LogP contribution < -0.4 is 16.0 Å². The first-order chi connectivity index (χ1) is 18.9. The van der Waals surface area contributed by atoms with Crippen molar-refractivity contribution < 1.29 is 14.4 Å². The molecule has 0 aliphatic rings. The molecule has 0 radical (unpaired) electrons. The largest absolute Gasteiger partial charge is 0.325 e. The van der Waals surface area contributed by atoms with Gasteiger partial charge in [-0.25, -0.2) is 0 Å². The number of anilines is 2. The Kier molecular flexibility index (Phi) is 9.56. The van der Waals surface area contributed by atoms with Gasteiger partial charge in [-0.1, -0.05) is 60.1 Å². The van der Waals surface area contributed by atoms with E-state index in [0.29, 0.717) is 21.8 Å². The number of amides is 3. The second-order valence-corrected chi connectivity index (χ2v) is 10.0. The Labute approximate surface area is 236 Å². The van der Waals surface area contributed by atoms with E-state index in [-0.39, 0.29) is 17.4 Å². The van der Waals surface area contributed by atoms with Crippen molar-refractivity contribution in [3.63, 3.8) is 0 Å². The van der Waals surface area contributed by atoms with Gasteiger partial charge < -0.3 is 16.0 Å². The summed E-state index contributed by atoms with van der Waals surface area (Å²) in [6.45, 7) is 1.97. The second-order valence-electron chi connectivity index (χ2n) is 8.58. The number of hydrogen-bond donors (Lipinski definition) is 3. The van der Waals surface area contributed by atoms with Crippen LogP contribution in [-0.4, -0.2) is 23.5 Å². The van der Waals surface area contributed by atoms with Gasteiger partial charge in [0.15, 0.2) is 0 Å². The smallest absolute Gasteiger partial charge is 0.272 e. The number of carbonyl (C=O) groups is 3. The Morgan fingerprint density at radius 2 is 1.51 bits per heavy atom. The van der Waals surface area contributed by atoms with E-state index in [1.807, 2.05) is 49.4 Å². The quantitative estimate of drug-likeness (QED) is 0.157. The topological polar surface area (TPSA) is 87.3 Å². The molecule has 8 heteroatoms. The van der Waals surface area contributed by atoms with Crippen molar-refractivity contribution in [2.24, 2.45) is 0 Å². The Morgan fingerprint density at radius 3 is 2.23 bits per heavy atom. The lowest BCUT2D eigenvalue weighted by molar-refractivity contribution is -0.114. The van der Waals surface area contributed by atoms with Crippen LogP contribution in [0.15, 0.2) is 114 Å². The lowest BCUT2D eigenvalue weighted by Gasteiger charge is -2.12. The molecule has 4 aromatic carbocycles. The van der Waals surface area contributed by atoms with E-state index in [1.54, 1.807) is 60.7 Å². The fourth-order valence-electron chi connectivity index (χ4n) is 3.59. The summed E-state index contributed by atoms with van der Waals surface area (Å²) >= 11 is 7.68. The van der Waals surface area contributed by atoms with Gasteiger partial charge in [0.25, 0.3) is 11.8 Å². The molecule has 3 amide bonds. The molecule has 0 aromatic heterocycles. The average Bonchev–Trinajstić information content (AvgIpc) is 2.94. The predicted molar refractivity (Wildman–Crippen MR) is 159 cm³/mol. The summed E-state index contributed by atoms with van der Waals surface area (Å²) in [5.41, 5.74) is 3.42. The molecule has 0 aliphatic carbocycles. The van der Waals surface area contributed by atoms with E-state index in [9.17, 15) is 14.4 Å². The van der Waals surface area contributed by atoms with Gasteiger partial charge in [0.2, 0.25) is 5.91 Å². The maximum absolute atomic E-state index is 13.2. The summed E-state index contributed by atoms with van der Waals surface area (Å²) in [5, 5.41) is 8.85. The minimum absolute atomic E-state index is 0.0447. The molecule has 6 nitrogen and oxygen atoms in total. The normalized spacial score (nSPS) is 11.0. The molecule has 196 valence electrons. The van der Waals surface area contributed by atoms with Gasteiger partial charge in [0.1, 0.15) is 5.70 Å². The minimum Gasteiger partial charge on any atom is -0.325 e. The summed E-state index contributed by atoms with van der Waals surface area (Å²) in [4.78, 5) is 39.2. The first-order valence-corrected chi connectivity index (χ1v) is 13.5. The number of nitrogens with one attached hydrogen (secondary N) is 3. The highest BCUT2D eigenvalue weighted by Crippen LogP contribution is 2.22. The third kappa shape index (κ3) is 8.33. The van der Waals surface area contributed by atoms with E-state index in [4.69, 9.17) is 11.6 Å². The van der Waals surface area contributed by atoms with E-state index < -0.39 is 11.8 Å². The number of hydrogen-bond acceptors (Lipinski definition) is 4. The molecule has 0 unspecified atom stereocenters. The molecule has 3 N–H and O–H groups in total. The molecule has 0 atom stereocenters. The van der Waals surface area contributed by atoms with Gasteiger partial charge in [-0.2, -0.15) is 0 Å². The van der Waals surface area contributed by atoms with Crippen molar-refractivity contribution in [1.29, 1.82) is 0 Å². The zero-order chi connectivity index (χ0) is 27.6. The van der Waals surface area contributed by atoms with Crippen LogP contribution in [0, 0.1) is 6.92 Å². The molecule has 0 heterocycles. The molecule has 0 saturated carbocycles. The number of benzene rings is 4. The first kappa shape index (κ1) is 27.7. The Balaban J connectivity index is 1.41. The molecule has 0 saturated heterocycles. The molecule has 0 fully saturated rings. The lowest BCUT2D eigenvalue weighted by atomic mass is 10.1. The Morgan fingerprint density at radius 1 is 0.795 bits per heavy atom. The molecule has 0 bridgehead atoms. The van der Waals surface area contributed by atoms with Gasteiger partial charge in [-0.3, -0.25) is 14.4 Å². The number of carbonyl (C=O) groups excluding carboxylic acids is 3. The van der Waals surface area contributed by atoms with Crippen molar-refractivity contribution in [2.45, 2.75) is 11.8 Å². The highest BCUT2D eigenvalue weighted by molar-refractivity contribution is 8.00. The van der Waals surface area contributed by atoms with Gasteiger partial charge in [0, 0.05) is 26.9 Å². The standard InChI is InChI=1S/C31H26ClN3O3S/c1-21-8-7-12-25(18-21)33-29(36)20-39-26-16-14-24(15-17-26)34-31(38)28(19-23-11-5-6-13-27(23)32)35-30(37)22-9-3-2-4-10-22/h2-19H,20H2,1H3,(H,33,36)(H,34,38)(H,35,37)/b28-19-. The Bertz CT molecular complexity index is 1510. The molecule has 39 heavy (non-hydrogen) atoms. The van der Waals surface area contributed by atoms with Crippen molar-refractivity contribution in [2.75, 3.05) is 16.4 Å². The van der Waals surface area contributed by atoms with Crippen LogP contribution in [0.5, 0.6) is 0 Å². The molecule has 4 rings (SSSR count). The Hall–Kier alpha value is -4.33. The highest BCUT2D eigenvalue weighted by Gasteiger charge is 2.16. The molecule has 0 spiro atoms. The predicted octanol–water partition coefficient (Wildman–Crippen LogP) is 6.79. The third-order valence-corrected chi connectivity index (χ3v) is 6.87. The van der Waals surface area contributed by atoms with Gasteiger partial charge in [0.05, 0.1) is 5.75 Å². The molecule has 4 aromatic rings. The van der Waals surface area contributed by atoms with E-state index in [2.05, 4.69) is 16.0 Å². The van der Waals surface area contributed by atoms with Gasteiger partial charge >= 0.3 is 0 Å². The van der Waals surface area contributed by atoms with Crippen LogP contribution in [-0.2, 0) is 9.59 Å². The molecule has 0 aliphatic heterocycles. The van der Waals surface area contributed by atoms with Gasteiger partial charge in [-0.05, 0) is 78.7 Å². The van der Waals surface area contributed by atoms with E-state index in [1.165, 1.54) is 17.8 Å². The zero-order valence-electron chi connectivity index (χ0n) is 21.1. The monoisotopic (exact) mass is 555 g/mol. The van der Waals surface area contributed by atoms with Crippen LogP contribution in [0.3, 0.4) is 0 Å². The third-order valence-electron chi connectivity index (χ3n) is 5.52. The number of thioether (sulfide) groups is 1. The number of halogens is 1. The summed E-state index contributed by atoms with van der Waals surface area (Å²) < 4.78 is 0. The highest BCUT2D eigenvalue weighted by atomic mass is 35.5. The average molecular weight is 556 g/mol. The van der Waals surface area contributed by atoms with Crippen molar-refractivity contribution in [3.05, 3.63) is 131 Å². The molecular weight excluding hydrogens is 530 g/mol. The van der Waals surface area contributed by atoms with Crippen LogP contribution in [0.25, 0.3) is 6.08 Å². The van der Waals surface area contributed by atoms with Crippen molar-refractivity contribution in [1.82, 2.24) is 5.32 Å². The molecular formula is C31H26ClN3O3S. The van der Waals surface area contributed by atoms with E-state index in [0.717, 1.165) is 16.1 Å². The fraction of sp³-hybridized carbons (Fsp3) is 0.0645. The maximum Gasteiger partial charge on any atom is 0.272 e. The SMILES string of the molecule is Cc1cccc(NC(=O)CSc2ccc(NC(=O)/C(=C/c3ccccc3Cl)NC(=O)c3ccccc3)cc2)c1. The summed E-state index contributed by atoms with van der Waals surface area (Å²) in [7, 11) is 0. The summed E-state index contributed by atoms with van der Waals surface area (Å²) in [6, 6.07) is 30.4. The first-order valence-electron chi connectivity index (χ1n) is 12.1. The van der Waals surface area contributed by atoms with Crippen LogP contribution >= 0.6 is 23.4 Å². The fourth-order valence-corrected chi connectivity index (χ4v) is 4.48. The van der Waals surface area contributed by atoms with E-state index >= 15 is 0 Å². The van der Waals surface area contributed by atoms with Gasteiger partial charge in [-0.15, -0.1) is 11.8 Å². The second kappa shape index (κ2) is 13.5. The van der Waals surface area contributed by atoms with Crippen molar-refractivity contribution in [3.8, 4) is 0 Å². The maximum atomic E-state index is 13.2. The minimum atomic E-state index is -0.503. The van der Waals surface area contributed by atoms with Crippen LogP contribution in [0.4, 0.5) is 11.4 Å². The number of rotatable bonds is 9. The number of aryl methyl sites for hydroxylation is 1. The lowest BCUT2D eigenvalue weighted by Crippen LogP contribution is -2.30. The van der Waals surface area contributed by atoms with Crippen molar-refractivity contribution >= 4 is 58.5 Å². The summed E-state index contributed by atoms with van der Waals surface area (Å²) in [6.07, 6.45) is 1.54. The summed E-state index contributed by atoms with van der Waals surface area (Å²) in [5.74, 6) is -0.779. The van der Waals surface area contributed by atoms with Crippen LogP contribution in [0.1, 0.15) is 21.5 Å².